The van der Waals surface area contributed by atoms with Crippen LogP contribution >= 0.6 is 0 Å². The van der Waals surface area contributed by atoms with E-state index in [4.69, 9.17) is 5.26 Å². The van der Waals surface area contributed by atoms with Gasteiger partial charge >= 0.3 is 0 Å². The smallest absolute Gasteiger partial charge is 0.263 e. The number of unbranched alkanes of at least 4 members (excludes halogenated alkanes) is 1. The first-order valence-electron chi connectivity index (χ1n) is 4.88. The molecule has 1 amide bonds. The van der Waals surface area contributed by atoms with Gasteiger partial charge in [0, 0.05) is 19.3 Å². The quantitative estimate of drug-likeness (QED) is 0.376. The van der Waals surface area contributed by atoms with Gasteiger partial charge in [-0.25, -0.2) is 0 Å². The minimum Gasteiger partial charge on any atom is -0.390 e. The maximum atomic E-state index is 11.3. The van der Waals surface area contributed by atoms with Crippen LogP contribution in [-0.2, 0) is 4.79 Å². The van der Waals surface area contributed by atoms with Crippen LogP contribution in [-0.4, -0.2) is 19.0 Å². The summed E-state index contributed by atoms with van der Waals surface area (Å²) in [4.78, 5) is 11.3. The van der Waals surface area contributed by atoms with Crippen molar-refractivity contribution < 1.29 is 4.79 Å². The minimum absolute atomic E-state index is 0.128. The van der Waals surface area contributed by atoms with Crippen LogP contribution in [0.2, 0.25) is 0 Å². The van der Waals surface area contributed by atoms with Crippen molar-refractivity contribution in [1.29, 1.82) is 5.26 Å². The van der Waals surface area contributed by atoms with Gasteiger partial charge in [0.05, 0.1) is 0 Å². The van der Waals surface area contributed by atoms with Crippen LogP contribution in [0.3, 0.4) is 0 Å². The van der Waals surface area contributed by atoms with E-state index in [1.807, 2.05) is 19.9 Å². The topological polar surface area (TPSA) is 64.9 Å². The maximum absolute atomic E-state index is 11.3. The van der Waals surface area contributed by atoms with E-state index in [0.717, 1.165) is 12.8 Å². The average Bonchev–Trinajstić information content (AvgIpc) is 2.19. The number of nitrogens with one attached hydrogen (secondary N) is 2. The molecule has 0 unspecified atom stereocenters. The molecule has 4 heteroatoms. The van der Waals surface area contributed by atoms with Crippen LogP contribution in [0.1, 0.15) is 26.7 Å². The van der Waals surface area contributed by atoms with Crippen LogP contribution in [0.4, 0.5) is 0 Å². The first kappa shape index (κ1) is 12.5. The molecule has 14 heavy (non-hydrogen) atoms. The molecule has 0 bridgehead atoms. The summed E-state index contributed by atoms with van der Waals surface area (Å²) in [5, 5.41) is 14.2. The lowest BCUT2D eigenvalue weighted by atomic mass is 10.3. The number of nitriles is 1. The molecule has 0 aliphatic carbocycles. The Bertz CT molecular complexity index is 240. The number of amides is 1. The Balaban J connectivity index is 4.00. The SMILES string of the molecule is CCCCNC(=O)/C(C#N)=C\NCC. The standard InChI is InChI=1S/C10H17N3O/c1-3-5-6-13-10(14)9(7-11)8-12-4-2/h8,12H,3-6H2,1-2H3,(H,13,14)/b9-8-. The van der Waals surface area contributed by atoms with Crippen LogP contribution in [0.15, 0.2) is 11.8 Å². The molecule has 0 aromatic rings. The normalized spacial score (nSPS) is 10.5. The Hall–Kier alpha value is -1.50. The zero-order valence-electron chi connectivity index (χ0n) is 8.76. The van der Waals surface area contributed by atoms with E-state index in [-0.39, 0.29) is 11.5 Å². The zero-order chi connectivity index (χ0) is 10.8. The van der Waals surface area contributed by atoms with E-state index in [1.165, 1.54) is 6.20 Å². The number of nitrogens with zero attached hydrogens (tertiary/aromatic N) is 1. The fourth-order valence-electron chi connectivity index (χ4n) is 0.827. The highest BCUT2D eigenvalue weighted by Crippen LogP contribution is 1.91. The lowest BCUT2D eigenvalue weighted by Crippen LogP contribution is -2.26. The molecule has 78 valence electrons. The second-order valence-corrected chi connectivity index (χ2v) is 2.84. The molecule has 0 radical (unpaired) electrons. The second kappa shape index (κ2) is 8.11. The van der Waals surface area contributed by atoms with E-state index < -0.39 is 0 Å². The van der Waals surface area contributed by atoms with Crippen molar-refractivity contribution >= 4 is 5.91 Å². The number of carbonyl (C=O) groups excluding carboxylic acids is 1. The van der Waals surface area contributed by atoms with Gasteiger partial charge in [0.25, 0.3) is 5.91 Å². The van der Waals surface area contributed by atoms with Crippen LogP contribution < -0.4 is 10.6 Å². The van der Waals surface area contributed by atoms with Gasteiger partial charge in [0.1, 0.15) is 11.6 Å². The third-order valence-electron chi connectivity index (χ3n) is 1.63. The molecule has 0 fully saturated rings. The van der Waals surface area contributed by atoms with E-state index >= 15 is 0 Å². The van der Waals surface area contributed by atoms with Gasteiger partial charge in [-0.15, -0.1) is 0 Å². The largest absolute Gasteiger partial charge is 0.390 e. The van der Waals surface area contributed by atoms with E-state index in [9.17, 15) is 4.79 Å². The van der Waals surface area contributed by atoms with Gasteiger partial charge in [-0.1, -0.05) is 13.3 Å². The highest BCUT2D eigenvalue weighted by atomic mass is 16.1. The molecule has 0 aliphatic rings. The highest BCUT2D eigenvalue weighted by molar-refractivity contribution is 5.97. The van der Waals surface area contributed by atoms with Crippen molar-refractivity contribution in [3.8, 4) is 6.07 Å². The van der Waals surface area contributed by atoms with Crippen molar-refractivity contribution in [2.24, 2.45) is 0 Å². The van der Waals surface area contributed by atoms with Crippen molar-refractivity contribution in [2.45, 2.75) is 26.7 Å². The lowest BCUT2D eigenvalue weighted by Gasteiger charge is -2.02. The van der Waals surface area contributed by atoms with E-state index in [1.54, 1.807) is 0 Å². The molecule has 0 aliphatic heterocycles. The molecule has 2 N–H and O–H groups in total. The first-order valence-corrected chi connectivity index (χ1v) is 4.88. The predicted octanol–water partition coefficient (Wildman–Crippen LogP) is 0.920. The number of carbonyl (C=O) groups is 1. The molecule has 0 aromatic carbocycles. The van der Waals surface area contributed by atoms with Gasteiger partial charge in [0.2, 0.25) is 0 Å². The molecule has 0 aromatic heterocycles. The number of hydrogen-bond donors (Lipinski definition) is 2. The number of hydrogen-bond acceptors (Lipinski definition) is 3. The number of rotatable bonds is 6. The van der Waals surface area contributed by atoms with Gasteiger partial charge in [-0.05, 0) is 13.3 Å². The van der Waals surface area contributed by atoms with Gasteiger partial charge < -0.3 is 10.6 Å². The van der Waals surface area contributed by atoms with Gasteiger partial charge in [-0.3, -0.25) is 4.79 Å². The Labute approximate surface area is 85.0 Å². The van der Waals surface area contributed by atoms with Crippen molar-refractivity contribution in [3.63, 3.8) is 0 Å². The van der Waals surface area contributed by atoms with Crippen molar-refractivity contribution in [3.05, 3.63) is 11.8 Å². The van der Waals surface area contributed by atoms with Gasteiger partial charge in [0.15, 0.2) is 0 Å². The molecule has 0 rings (SSSR count). The van der Waals surface area contributed by atoms with Crippen LogP contribution in [0.25, 0.3) is 0 Å². The molecule has 0 spiro atoms. The van der Waals surface area contributed by atoms with Crippen LogP contribution in [0, 0.1) is 11.3 Å². The Kier molecular flexibility index (Phi) is 7.24. The zero-order valence-corrected chi connectivity index (χ0v) is 8.76. The summed E-state index contributed by atoms with van der Waals surface area (Å²) in [5.74, 6) is -0.304. The highest BCUT2D eigenvalue weighted by Gasteiger charge is 2.06. The van der Waals surface area contributed by atoms with Gasteiger partial charge in [-0.2, -0.15) is 5.26 Å². The summed E-state index contributed by atoms with van der Waals surface area (Å²) in [6.07, 6.45) is 3.41. The van der Waals surface area contributed by atoms with Crippen molar-refractivity contribution in [2.75, 3.05) is 13.1 Å². The first-order chi connectivity index (χ1) is 6.76. The molecule has 0 atom stereocenters. The molecule has 0 heterocycles. The summed E-state index contributed by atoms with van der Waals surface area (Å²) in [5.41, 5.74) is 0.128. The molecule has 4 nitrogen and oxygen atoms in total. The summed E-state index contributed by atoms with van der Waals surface area (Å²) in [6, 6.07) is 1.85. The summed E-state index contributed by atoms with van der Waals surface area (Å²) in [7, 11) is 0. The minimum atomic E-state index is -0.304. The maximum Gasteiger partial charge on any atom is 0.263 e. The Morgan fingerprint density at radius 3 is 2.71 bits per heavy atom. The molecular formula is C10H17N3O. The monoisotopic (exact) mass is 195 g/mol. The van der Waals surface area contributed by atoms with Crippen molar-refractivity contribution in [1.82, 2.24) is 10.6 Å². The molecule has 0 saturated carbocycles. The lowest BCUT2D eigenvalue weighted by molar-refractivity contribution is -0.117. The fourth-order valence-corrected chi connectivity index (χ4v) is 0.827. The fraction of sp³-hybridized carbons (Fsp3) is 0.600. The summed E-state index contributed by atoms with van der Waals surface area (Å²) < 4.78 is 0. The Morgan fingerprint density at radius 2 is 2.21 bits per heavy atom. The summed E-state index contributed by atoms with van der Waals surface area (Å²) in [6.45, 7) is 5.28. The third kappa shape index (κ3) is 5.20. The molecule has 0 saturated heterocycles. The predicted molar refractivity (Wildman–Crippen MR) is 55.3 cm³/mol. The Morgan fingerprint density at radius 1 is 1.50 bits per heavy atom. The third-order valence-corrected chi connectivity index (χ3v) is 1.63. The van der Waals surface area contributed by atoms with E-state index in [2.05, 4.69) is 10.6 Å². The average molecular weight is 195 g/mol. The second-order valence-electron chi connectivity index (χ2n) is 2.84. The summed E-state index contributed by atoms with van der Waals surface area (Å²) >= 11 is 0. The van der Waals surface area contributed by atoms with E-state index in [0.29, 0.717) is 13.1 Å². The molecular weight excluding hydrogens is 178 g/mol. The van der Waals surface area contributed by atoms with Crippen LogP contribution in [0.5, 0.6) is 0 Å².